The molecule has 0 spiro atoms. The molecule has 2 aromatic rings. The topological polar surface area (TPSA) is 69.7 Å². The van der Waals surface area contributed by atoms with E-state index in [0.29, 0.717) is 25.9 Å². The zero-order chi connectivity index (χ0) is 20.4. The number of hydrogen-bond donors (Lipinski definition) is 1. The second-order valence-corrected chi connectivity index (χ2v) is 9.58. The van der Waals surface area contributed by atoms with Crippen LogP contribution in [0.15, 0.2) is 53.4 Å². The van der Waals surface area contributed by atoms with Gasteiger partial charge in [-0.1, -0.05) is 18.2 Å². The molecule has 0 saturated heterocycles. The van der Waals surface area contributed by atoms with Gasteiger partial charge in [0, 0.05) is 44.0 Å². The number of benzene rings is 2. The number of sulfonamides is 1. The highest BCUT2D eigenvalue weighted by molar-refractivity contribution is 7.89. The fourth-order valence-electron chi connectivity index (χ4n) is 3.74. The van der Waals surface area contributed by atoms with Gasteiger partial charge in [-0.15, -0.1) is 0 Å². The van der Waals surface area contributed by atoms with Gasteiger partial charge in [-0.25, -0.2) is 13.1 Å². The molecule has 1 amide bonds. The number of carbonyl (C=O) groups is 1. The Morgan fingerprint density at radius 2 is 1.93 bits per heavy atom. The summed E-state index contributed by atoms with van der Waals surface area (Å²) in [5, 5.41) is 0. The first kappa shape index (κ1) is 19.9. The summed E-state index contributed by atoms with van der Waals surface area (Å²) < 4.78 is 28.1. The first-order valence-electron chi connectivity index (χ1n) is 10.2. The second-order valence-electron chi connectivity index (χ2n) is 7.81. The number of hydrogen-bond acceptors (Lipinski definition) is 4. The van der Waals surface area contributed by atoms with Gasteiger partial charge >= 0.3 is 0 Å². The normalized spacial score (nSPS) is 16.0. The van der Waals surface area contributed by atoms with Crippen LogP contribution in [0.5, 0.6) is 0 Å². The molecule has 154 valence electrons. The van der Waals surface area contributed by atoms with Gasteiger partial charge in [0.1, 0.15) is 0 Å². The van der Waals surface area contributed by atoms with Gasteiger partial charge in [-0.05, 0) is 61.6 Å². The third-order valence-corrected chi connectivity index (χ3v) is 7.07. The van der Waals surface area contributed by atoms with Crippen LogP contribution in [0.2, 0.25) is 0 Å². The van der Waals surface area contributed by atoms with Crippen LogP contribution in [0.1, 0.15) is 24.8 Å². The number of fused-ring (bicyclic) bond motifs is 1. The molecule has 0 atom stereocenters. The number of anilines is 2. The van der Waals surface area contributed by atoms with Crippen LogP contribution in [0.4, 0.5) is 11.4 Å². The summed E-state index contributed by atoms with van der Waals surface area (Å²) in [4.78, 5) is 16.6. The number of carbonyl (C=O) groups excluding carboxylic acids is 1. The Hall–Kier alpha value is -2.38. The molecule has 0 radical (unpaired) electrons. The van der Waals surface area contributed by atoms with Crippen LogP contribution in [0.3, 0.4) is 0 Å². The predicted molar refractivity (Wildman–Crippen MR) is 115 cm³/mol. The molecular weight excluding hydrogens is 386 g/mol. The molecule has 4 rings (SSSR count). The van der Waals surface area contributed by atoms with Crippen LogP contribution < -0.4 is 14.5 Å². The van der Waals surface area contributed by atoms with Crippen molar-refractivity contribution in [3.05, 3.63) is 54.1 Å². The lowest BCUT2D eigenvalue weighted by molar-refractivity contribution is -0.119. The van der Waals surface area contributed by atoms with Crippen molar-refractivity contribution >= 4 is 27.3 Å². The maximum atomic E-state index is 12.7. The van der Waals surface area contributed by atoms with Gasteiger partial charge in [0.15, 0.2) is 0 Å². The van der Waals surface area contributed by atoms with Gasteiger partial charge in [-0.3, -0.25) is 4.79 Å². The number of rotatable bonds is 8. The molecule has 0 unspecified atom stereocenters. The van der Waals surface area contributed by atoms with Crippen LogP contribution in [0.25, 0.3) is 0 Å². The summed E-state index contributed by atoms with van der Waals surface area (Å²) in [6, 6.07) is 15.1. The lowest BCUT2D eigenvalue weighted by Crippen LogP contribution is -2.30. The van der Waals surface area contributed by atoms with Crippen molar-refractivity contribution in [3.8, 4) is 0 Å². The summed E-state index contributed by atoms with van der Waals surface area (Å²) in [5.41, 5.74) is 2.91. The maximum absolute atomic E-state index is 12.7. The van der Waals surface area contributed by atoms with E-state index in [1.807, 2.05) is 42.3 Å². The molecule has 1 saturated carbocycles. The molecule has 1 aliphatic heterocycles. The van der Waals surface area contributed by atoms with Crippen molar-refractivity contribution in [3.63, 3.8) is 0 Å². The lowest BCUT2D eigenvalue weighted by Gasteiger charge is -2.19. The second kappa shape index (κ2) is 8.16. The first-order chi connectivity index (χ1) is 14.0. The zero-order valence-electron chi connectivity index (χ0n) is 16.7. The molecule has 2 aliphatic rings. The van der Waals surface area contributed by atoms with Crippen LogP contribution in [-0.4, -0.2) is 41.0 Å². The summed E-state index contributed by atoms with van der Waals surface area (Å²) >= 11 is 0. The highest BCUT2D eigenvalue weighted by atomic mass is 32.2. The summed E-state index contributed by atoms with van der Waals surface area (Å²) in [7, 11) is -1.56. The Morgan fingerprint density at radius 3 is 2.66 bits per heavy atom. The fourth-order valence-corrected chi connectivity index (χ4v) is 4.87. The highest BCUT2D eigenvalue weighted by Gasteiger charge is 2.36. The van der Waals surface area contributed by atoms with Crippen molar-refractivity contribution < 1.29 is 13.2 Å². The van der Waals surface area contributed by atoms with Gasteiger partial charge in [0.05, 0.1) is 4.90 Å². The summed E-state index contributed by atoms with van der Waals surface area (Å²) in [5.74, 6) is 0.347. The molecule has 1 heterocycles. The number of para-hydroxylation sites is 1. The van der Waals surface area contributed by atoms with Gasteiger partial charge in [0.25, 0.3) is 0 Å². The van der Waals surface area contributed by atoms with Crippen LogP contribution in [-0.2, 0) is 21.2 Å². The number of nitrogens with one attached hydrogen (secondary N) is 1. The molecule has 6 nitrogen and oxygen atoms in total. The maximum Gasteiger partial charge on any atom is 0.240 e. The molecule has 1 N–H and O–H groups in total. The number of nitrogens with zero attached hydrogens (tertiary/aromatic N) is 2. The lowest BCUT2D eigenvalue weighted by atomic mass is 10.2. The van der Waals surface area contributed by atoms with Crippen LogP contribution in [0, 0.1) is 5.92 Å². The molecule has 0 bridgehead atoms. The van der Waals surface area contributed by atoms with E-state index < -0.39 is 10.0 Å². The number of amides is 1. The van der Waals surface area contributed by atoms with E-state index in [9.17, 15) is 13.2 Å². The van der Waals surface area contributed by atoms with Crippen molar-refractivity contribution in [1.29, 1.82) is 0 Å². The van der Waals surface area contributed by atoms with E-state index in [1.165, 1.54) is 0 Å². The molecule has 29 heavy (non-hydrogen) atoms. The first-order valence-corrected chi connectivity index (χ1v) is 11.6. The minimum atomic E-state index is -3.56. The van der Waals surface area contributed by atoms with Crippen LogP contribution >= 0.6 is 0 Å². The van der Waals surface area contributed by atoms with Gasteiger partial charge in [0.2, 0.25) is 15.9 Å². The Kier molecular flexibility index (Phi) is 5.61. The SMILES string of the molecule is CN(CCCNS(=O)(=O)c1ccc2c(c1)CCN2C(=O)C1CC1)c1ccccc1. The molecule has 0 aromatic heterocycles. The Bertz CT molecular complexity index is 988. The zero-order valence-corrected chi connectivity index (χ0v) is 17.5. The standard InChI is InChI=1S/C22H27N3O3S/c1-24(19-6-3-2-4-7-19)14-5-13-23-29(27,28)20-10-11-21-18(16-20)12-15-25(21)22(26)17-8-9-17/h2-4,6-7,10-11,16-17,23H,5,8-9,12-15H2,1H3. The van der Waals surface area contributed by atoms with E-state index >= 15 is 0 Å². The largest absolute Gasteiger partial charge is 0.375 e. The van der Waals surface area contributed by atoms with Gasteiger partial charge in [-0.2, -0.15) is 0 Å². The monoisotopic (exact) mass is 413 g/mol. The molecule has 2 aromatic carbocycles. The minimum absolute atomic E-state index is 0.167. The van der Waals surface area contributed by atoms with Gasteiger partial charge < -0.3 is 9.80 Å². The molecule has 1 fully saturated rings. The quantitative estimate of drug-likeness (QED) is 0.676. The molecular formula is C22H27N3O3S. The van der Waals surface area contributed by atoms with E-state index in [1.54, 1.807) is 18.2 Å². The Labute approximate surface area is 172 Å². The van der Waals surface area contributed by atoms with E-state index in [4.69, 9.17) is 0 Å². The smallest absolute Gasteiger partial charge is 0.240 e. The van der Waals surface area contributed by atoms with Crippen molar-refractivity contribution in [1.82, 2.24) is 4.72 Å². The minimum Gasteiger partial charge on any atom is -0.375 e. The Balaban J connectivity index is 1.34. The average Bonchev–Trinajstić information content (AvgIpc) is 3.50. The van der Waals surface area contributed by atoms with Crippen molar-refractivity contribution in [2.24, 2.45) is 5.92 Å². The van der Waals surface area contributed by atoms with Crippen molar-refractivity contribution in [2.75, 3.05) is 36.5 Å². The molecule has 1 aliphatic carbocycles. The predicted octanol–water partition coefficient (Wildman–Crippen LogP) is 2.79. The highest BCUT2D eigenvalue weighted by Crippen LogP contribution is 2.37. The van der Waals surface area contributed by atoms with E-state index in [0.717, 1.165) is 36.3 Å². The fraction of sp³-hybridized carbons (Fsp3) is 0.409. The Morgan fingerprint density at radius 1 is 1.17 bits per heavy atom. The summed E-state index contributed by atoms with van der Waals surface area (Å²) in [6.45, 7) is 1.78. The third kappa shape index (κ3) is 4.46. The average molecular weight is 414 g/mol. The summed E-state index contributed by atoms with van der Waals surface area (Å²) in [6.07, 6.45) is 3.36. The van der Waals surface area contributed by atoms with Crippen molar-refractivity contribution in [2.45, 2.75) is 30.6 Å². The van der Waals surface area contributed by atoms with E-state index in [-0.39, 0.29) is 16.7 Å². The van der Waals surface area contributed by atoms with E-state index in [2.05, 4.69) is 9.62 Å². The third-order valence-electron chi connectivity index (χ3n) is 5.61. The molecule has 7 heteroatoms.